The van der Waals surface area contributed by atoms with Crippen LogP contribution in [0.15, 0.2) is 11.1 Å². The maximum Gasteiger partial charge on any atom is 0.162 e. The smallest absolute Gasteiger partial charge is 0.162 e. The van der Waals surface area contributed by atoms with Gasteiger partial charge < -0.3 is 0 Å². The number of carbonyl (C=O) groups excluding carboxylic acids is 1. The van der Waals surface area contributed by atoms with Crippen molar-refractivity contribution in [2.45, 2.75) is 26.2 Å². The maximum atomic E-state index is 11.2. The van der Waals surface area contributed by atoms with E-state index in [4.69, 9.17) is 11.6 Å². The summed E-state index contributed by atoms with van der Waals surface area (Å²) in [5.41, 5.74) is 2.23. The summed E-state index contributed by atoms with van der Waals surface area (Å²) < 4.78 is 0. The summed E-state index contributed by atoms with van der Waals surface area (Å²) in [6, 6.07) is 0. The van der Waals surface area contributed by atoms with E-state index in [0.29, 0.717) is 0 Å². The van der Waals surface area contributed by atoms with Crippen molar-refractivity contribution in [3.63, 3.8) is 0 Å². The topological polar surface area (TPSA) is 17.1 Å². The minimum Gasteiger partial charge on any atom is -0.294 e. The van der Waals surface area contributed by atoms with Crippen LogP contribution >= 0.6 is 11.6 Å². The van der Waals surface area contributed by atoms with E-state index in [2.05, 4.69) is 0 Å². The highest BCUT2D eigenvalue weighted by Gasteiger charge is 2.21. The molecule has 1 atom stereocenters. The number of Topliss-reactive ketones (excluding diaryl/α,β-unsaturated/α-hetero) is 1. The van der Waals surface area contributed by atoms with Gasteiger partial charge in [-0.1, -0.05) is 18.5 Å². The fourth-order valence-electron chi connectivity index (χ4n) is 1.28. The number of allylic oxidation sites excluding steroid dienone is 1. The summed E-state index contributed by atoms with van der Waals surface area (Å²) in [4.78, 5) is 11.2. The Morgan fingerprint density at radius 3 is 2.90 bits per heavy atom. The molecule has 1 aliphatic carbocycles. The Balaban J connectivity index is 2.69. The Morgan fingerprint density at radius 2 is 2.40 bits per heavy atom. The molecule has 0 saturated heterocycles. The van der Waals surface area contributed by atoms with Crippen LogP contribution in [-0.2, 0) is 4.79 Å². The quantitative estimate of drug-likeness (QED) is 0.495. The van der Waals surface area contributed by atoms with Crippen molar-refractivity contribution < 1.29 is 4.79 Å². The second-order valence-corrected chi connectivity index (χ2v) is 3.01. The van der Waals surface area contributed by atoms with Crippen LogP contribution in [-0.4, -0.2) is 5.78 Å². The first-order valence-electron chi connectivity index (χ1n) is 3.59. The molecular weight excluding hydrogens is 148 g/mol. The SMILES string of the molecule is CC1CCC/C(=C\Cl)C1=O. The number of ketones is 1. The first kappa shape index (κ1) is 7.80. The molecule has 1 fully saturated rings. The summed E-state index contributed by atoms with van der Waals surface area (Å²) in [5, 5.41) is 0. The van der Waals surface area contributed by atoms with Crippen LogP contribution in [0.3, 0.4) is 0 Å². The molecule has 1 rings (SSSR count). The molecule has 0 aromatic heterocycles. The second-order valence-electron chi connectivity index (χ2n) is 2.79. The maximum absolute atomic E-state index is 11.2. The predicted molar refractivity (Wildman–Crippen MR) is 42.0 cm³/mol. The third kappa shape index (κ3) is 1.40. The highest BCUT2D eigenvalue weighted by atomic mass is 35.5. The van der Waals surface area contributed by atoms with Gasteiger partial charge in [-0.2, -0.15) is 0 Å². The first-order valence-corrected chi connectivity index (χ1v) is 4.03. The molecule has 1 unspecified atom stereocenters. The highest BCUT2D eigenvalue weighted by Crippen LogP contribution is 2.24. The monoisotopic (exact) mass is 158 g/mol. The average Bonchev–Trinajstić information content (AvgIpc) is 1.95. The van der Waals surface area contributed by atoms with Crippen LogP contribution in [0.2, 0.25) is 0 Å². The molecule has 0 radical (unpaired) electrons. The van der Waals surface area contributed by atoms with Crippen LogP contribution < -0.4 is 0 Å². The van der Waals surface area contributed by atoms with Crippen molar-refractivity contribution in [2.75, 3.05) is 0 Å². The lowest BCUT2D eigenvalue weighted by Crippen LogP contribution is -2.18. The minimum atomic E-state index is 0.193. The number of carbonyl (C=O) groups is 1. The molecule has 1 nitrogen and oxygen atoms in total. The standard InChI is InChI=1S/C8H11ClO/c1-6-3-2-4-7(5-9)8(6)10/h5-6H,2-4H2,1H3/b7-5+. The van der Waals surface area contributed by atoms with Crippen LogP contribution in [0, 0.1) is 5.92 Å². The Hall–Kier alpha value is -0.300. The summed E-state index contributed by atoms with van der Waals surface area (Å²) >= 11 is 5.46. The highest BCUT2D eigenvalue weighted by molar-refractivity contribution is 6.27. The Bertz CT molecular complexity index is 172. The lowest BCUT2D eigenvalue weighted by atomic mass is 9.86. The molecule has 1 aliphatic rings. The van der Waals surface area contributed by atoms with Gasteiger partial charge in [0.1, 0.15) is 0 Å². The van der Waals surface area contributed by atoms with Crippen molar-refractivity contribution in [2.24, 2.45) is 5.92 Å². The molecule has 1 saturated carbocycles. The molecule has 0 heterocycles. The molecule has 0 aromatic carbocycles. The van der Waals surface area contributed by atoms with Crippen molar-refractivity contribution >= 4 is 17.4 Å². The summed E-state index contributed by atoms with van der Waals surface area (Å²) in [6.45, 7) is 1.96. The zero-order chi connectivity index (χ0) is 7.56. The molecule has 2 heteroatoms. The summed E-state index contributed by atoms with van der Waals surface area (Å²) in [5.74, 6) is 0.431. The van der Waals surface area contributed by atoms with Gasteiger partial charge in [0.25, 0.3) is 0 Å². The number of rotatable bonds is 0. The molecule has 0 aromatic rings. The van der Waals surface area contributed by atoms with Gasteiger partial charge in [0, 0.05) is 17.0 Å². The Labute approximate surface area is 66.1 Å². The minimum absolute atomic E-state index is 0.193. The van der Waals surface area contributed by atoms with Gasteiger partial charge in [-0.25, -0.2) is 0 Å². The third-order valence-electron chi connectivity index (χ3n) is 1.98. The van der Waals surface area contributed by atoms with E-state index >= 15 is 0 Å². The summed E-state index contributed by atoms with van der Waals surface area (Å²) in [7, 11) is 0. The average molecular weight is 159 g/mol. The summed E-state index contributed by atoms with van der Waals surface area (Å²) in [6.07, 6.45) is 2.99. The van der Waals surface area contributed by atoms with E-state index in [1.807, 2.05) is 6.92 Å². The van der Waals surface area contributed by atoms with Crippen LogP contribution in [0.1, 0.15) is 26.2 Å². The van der Waals surface area contributed by atoms with Gasteiger partial charge in [0.15, 0.2) is 5.78 Å². The van der Waals surface area contributed by atoms with E-state index < -0.39 is 0 Å². The second kappa shape index (κ2) is 3.20. The van der Waals surface area contributed by atoms with Crippen molar-refractivity contribution in [1.82, 2.24) is 0 Å². The van der Waals surface area contributed by atoms with Gasteiger partial charge in [0.2, 0.25) is 0 Å². The first-order chi connectivity index (χ1) is 4.75. The van der Waals surface area contributed by atoms with Gasteiger partial charge in [-0.3, -0.25) is 4.79 Å². The largest absolute Gasteiger partial charge is 0.294 e. The number of halogens is 1. The molecule has 0 spiro atoms. The van der Waals surface area contributed by atoms with Crippen LogP contribution in [0.25, 0.3) is 0 Å². The van der Waals surface area contributed by atoms with Crippen LogP contribution in [0.5, 0.6) is 0 Å². The normalized spacial score (nSPS) is 31.2. The fraction of sp³-hybridized carbons (Fsp3) is 0.625. The molecule has 0 N–H and O–H groups in total. The lowest BCUT2D eigenvalue weighted by Gasteiger charge is -2.17. The zero-order valence-electron chi connectivity index (χ0n) is 6.06. The van der Waals surface area contributed by atoms with Crippen molar-refractivity contribution in [3.05, 3.63) is 11.1 Å². The van der Waals surface area contributed by atoms with E-state index in [1.165, 1.54) is 5.54 Å². The number of hydrogen-bond donors (Lipinski definition) is 0. The number of hydrogen-bond acceptors (Lipinski definition) is 1. The Morgan fingerprint density at radius 1 is 1.70 bits per heavy atom. The molecule has 0 amide bonds. The van der Waals surface area contributed by atoms with Crippen molar-refractivity contribution in [1.29, 1.82) is 0 Å². The Kier molecular flexibility index (Phi) is 2.50. The van der Waals surface area contributed by atoms with E-state index in [-0.39, 0.29) is 11.7 Å². The fourth-order valence-corrected chi connectivity index (χ4v) is 1.49. The van der Waals surface area contributed by atoms with Crippen molar-refractivity contribution in [3.8, 4) is 0 Å². The van der Waals surface area contributed by atoms with Crippen LogP contribution in [0.4, 0.5) is 0 Å². The molecule has 0 aliphatic heterocycles. The van der Waals surface area contributed by atoms with Gasteiger partial charge in [0.05, 0.1) is 0 Å². The molecular formula is C8H11ClO. The van der Waals surface area contributed by atoms with Gasteiger partial charge >= 0.3 is 0 Å². The molecule has 0 bridgehead atoms. The third-order valence-corrected chi connectivity index (χ3v) is 2.24. The van der Waals surface area contributed by atoms with E-state index in [1.54, 1.807) is 0 Å². The van der Waals surface area contributed by atoms with Gasteiger partial charge in [-0.05, 0) is 19.3 Å². The van der Waals surface area contributed by atoms with E-state index in [0.717, 1.165) is 24.8 Å². The predicted octanol–water partition coefficient (Wildman–Crippen LogP) is 2.50. The molecule has 56 valence electrons. The van der Waals surface area contributed by atoms with E-state index in [9.17, 15) is 4.79 Å². The molecule has 10 heavy (non-hydrogen) atoms. The lowest BCUT2D eigenvalue weighted by molar-refractivity contribution is -0.119. The van der Waals surface area contributed by atoms with Gasteiger partial charge in [-0.15, -0.1) is 0 Å². The zero-order valence-corrected chi connectivity index (χ0v) is 6.82.